The number of aromatic nitrogens is 1. The zero-order chi connectivity index (χ0) is 17.6. The third-order valence-corrected chi connectivity index (χ3v) is 3.87. The number of aryl methyl sites for hydroxylation is 1. The highest BCUT2D eigenvalue weighted by atomic mass is 19.1. The van der Waals surface area contributed by atoms with Crippen molar-refractivity contribution in [2.45, 2.75) is 20.0 Å². The Morgan fingerprint density at radius 2 is 1.92 bits per heavy atom. The molecule has 0 spiro atoms. The highest BCUT2D eigenvalue weighted by Gasteiger charge is 2.06. The van der Waals surface area contributed by atoms with Crippen LogP contribution in [-0.2, 0) is 13.1 Å². The molecule has 0 radical (unpaired) electrons. The lowest BCUT2D eigenvalue weighted by Gasteiger charge is -2.12. The smallest absolute Gasteiger partial charge is 0.319 e. The number of halogens is 1. The van der Waals surface area contributed by atoms with Crippen LogP contribution in [0.15, 0.2) is 66.9 Å². The fourth-order valence-electron chi connectivity index (χ4n) is 2.67. The summed E-state index contributed by atoms with van der Waals surface area (Å²) < 4.78 is 15.3. The van der Waals surface area contributed by atoms with Crippen molar-refractivity contribution < 1.29 is 9.18 Å². The van der Waals surface area contributed by atoms with E-state index >= 15 is 0 Å². The van der Waals surface area contributed by atoms with Gasteiger partial charge < -0.3 is 15.2 Å². The van der Waals surface area contributed by atoms with E-state index in [1.807, 2.05) is 60.2 Å². The number of hydrogen-bond donors (Lipinski definition) is 2. The maximum Gasteiger partial charge on any atom is 0.319 e. The Hall–Kier alpha value is -3.08. The van der Waals surface area contributed by atoms with Crippen LogP contribution >= 0.6 is 0 Å². The predicted molar refractivity (Wildman–Crippen MR) is 97.0 cm³/mol. The minimum absolute atomic E-state index is 0.248. The lowest BCUT2D eigenvalue weighted by Crippen LogP contribution is -2.29. The van der Waals surface area contributed by atoms with Crippen LogP contribution in [0.3, 0.4) is 0 Å². The van der Waals surface area contributed by atoms with Gasteiger partial charge in [-0.25, -0.2) is 9.18 Å². The van der Waals surface area contributed by atoms with Gasteiger partial charge in [-0.1, -0.05) is 24.3 Å². The highest BCUT2D eigenvalue weighted by molar-refractivity contribution is 5.89. The third kappa shape index (κ3) is 4.70. The Morgan fingerprint density at radius 3 is 2.72 bits per heavy atom. The van der Waals surface area contributed by atoms with Gasteiger partial charge >= 0.3 is 6.03 Å². The largest absolute Gasteiger partial charge is 0.345 e. The molecule has 0 bridgehead atoms. The molecule has 0 aliphatic heterocycles. The maximum absolute atomic E-state index is 13.3. The minimum Gasteiger partial charge on any atom is -0.345 e. The Morgan fingerprint density at radius 1 is 1.08 bits per heavy atom. The van der Waals surface area contributed by atoms with Crippen molar-refractivity contribution in [3.05, 3.63) is 89.5 Å². The van der Waals surface area contributed by atoms with Crippen molar-refractivity contribution in [1.82, 2.24) is 9.88 Å². The van der Waals surface area contributed by atoms with E-state index in [0.717, 1.165) is 22.5 Å². The van der Waals surface area contributed by atoms with Crippen molar-refractivity contribution in [2.24, 2.45) is 0 Å². The van der Waals surface area contributed by atoms with Crippen LogP contribution in [0.2, 0.25) is 0 Å². The number of nitrogens with one attached hydrogen (secondary N) is 2. The number of hydrogen-bond acceptors (Lipinski definition) is 1. The van der Waals surface area contributed by atoms with Crippen molar-refractivity contribution in [2.75, 3.05) is 5.32 Å². The van der Waals surface area contributed by atoms with E-state index < -0.39 is 0 Å². The molecule has 3 aromatic rings. The molecule has 2 amide bonds. The summed E-state index contributed by atoms with van der Waals surface area (Å²) in [7, 11) is 0. The zero-order valence-corrected chi connectivity index (χ0v) is 14.0. The molecule has 0 atom stereocenters. The molecule has 0 saturated carbocycles. The van der Waals surface area contributed by atoms with Crippen LogP contribution in [0.5, 0.6) is 0 Å². The van der Waals surface area contributed by atoms with E-state index in [-0.39, 0.29) is 11.8 Å². The summed E-state index contributed by atoms with van der Waals surface area (Å²) in [5.41, 5.74) is 3.67. The number of benzene rings is 2. The van der Waals surface area contributed by atoms with Crippen molar-refractivity contribution in [3.8, 4) is 0 Å². The second kappa shape index (κ2) is 7.66. The number of anilines is 1. The van der Waals surface area contributed by atoms with Crippen molar-refractivity contribution in [3.63, 3.8) is 0 Å². The van der Waals surface area contributed by atoms with E-state index in [4.69, 9.17) is 0 Å². The molecule has 1 aromatic heterocycles. The molecule has 5 heteroatoms. The highest BCUT2D eigenvalue weighted by Crippen LogP contribution is 2.11. The quantitative estimate of drug-likeness (QED) is 0.716. The van der Waals surface area contributed by atoms with Gasteiger partial charge in [-0.05, 0) is 54.4 Å². The summed E-state index contributed by atoms with van der Waals surface area (Å²) in [6.07, 6.45) is 1.92. The van der Waals surface area contributed by atoms with Crippen molar-refractivity contribution in [1.29, 1.82) is 0 Å². The maximum atomic E-state index is 13.3. The van der Waals surface area contributed by atoms with E-state index in [1.165, 1.54) is 12.1 Å². The number of amides is 2. The summed E-state index contributed by atoms with van der Waals surface area (Å²) in [6.45, 7) is 2.92. The molecule has 1 heterocycles. The second-order valence-corrected chi connectivity index (χ2v) is 5.93. The van der Waals surface area contributed by atoms with Gasteiger partial charge in [0.15, 0.2) is 0 Å². The Kier molecular flexibility index (Phi) is 5.14. The average Bonchev–Trinajstić information content (AvgIpc) is 3.00. The van der Waals surface area contributed by atoms with Gasteiger partial charge in [0.25, 0.3) is 0 Å². The molecule has 128 valence electrons. The first kappa shape index (κ1) is 16.8. The SMILES string of the molecule is Cc1cccc(NC(=O)NCc2cccn2Cc2cccc(F)c2)c1. The van der Waals surface area contributed by atoms with Gasteiger partial charge in [0.2, 0.25) is 0 Å². The fraction of sp³-hybridized carbons (Fsp3) is 0.150. The number of urea groups is 1. The average molecular weight is 337 g/mol. The lowest BCUT2D eigenvalue weighted by atomic mass is 10.2. The molecule has 3 rings (SSSR count). The molecule has 25 heavy (non-hydrogen) atoms. The van der Waals surface area contributed by atoms with Gasteiger partial charge in [0.05, 0.1) is 6.54 Å². The summed E-state index contributed by atoms with van der Waals surface area (Å²) in [5.74, 6) is -0.248. The number of carbonyl (C=O) groups excluding carboxylic acids is 1. The van der Waals surface area contributed by atoms with E-state index in [1.54, 1.807) is 6.07 Å². The van der Waals surface area contributed by atoms with Crippen LogP contribution < -0.4 is 10.6 Å². The molecule has 4 nitrogen and oxygen atoms in total. The lowest BCUT2D eigenvalue weighted by molar-refractivity contribution is 0.251. The monoisotopic (exact) mass is 337 g/mol. The summed E-state index contributed by atoms with van der Waals surface area (Å²) >= 11 is 0. The first-order valence-corrected chi connectivity index (χ1v) is 8.10. The van der Waals surface area contributed by atoms with Gasteiger partial charge in [0.1, 0.15) is 5.82 Å². The molecule has 2 N–H and O–H groups in total. The number of nitrogens with zero attached hydrogens (tertiary/aromatic N) is 1. The molecule has 2 aromatic carbocycles. The Balaban J connectivity index is 1.58. The molecule has 0 aliphatic rings. The number of rotatable bonds is 5. The van der Waals surface area contributed by atoms with E-state index in [0.29, 0.717) is 13.1 Å². The third-order valence-electron chi connectivity index (χ3n) is 3.87. The van der Waals surface area contributed by atoms with Gasteiger partial charge in [-0.2, -0.15) is 0 Å². The first-order chi connectivity index (χ1) is 12.1. The van der Waals surface area contributed by atoms with E-state index in [2.05, 4.69) is 10.6 Å². The van der Waals surface area contributed by atoms with Crippen LogP contribution in [0, 0.1) is 12.7 Å². The second-order valence-electron chi connectivity index (χ2n) is 5.93. The topological polar surface area (TPSA) is 46.1 Å². The Bertz CT molecular complexity index is 873. The molecule has 0 fully saturated rings. The molecule has 0 unspecified atom stereocenters. The van der Waals surface area contributed by atoms with Gasteiger partial charge in [0, 0.05) is 24.1 Å². The molecule has 0 aliphatic carbocycles. The number of carbonyl (C=O) groups is 1. The predicted octanol–water partition coefficient (Wildman–Crippen LogP) is 4.31. The van der Waals surface area contributed by atoms with E-state index in [9.17, 15) is 9.18 Å². The standard InChI is InChI=1S/C20H20FN3O/c1-15-5-2-8-18(11-15)23-20(25)22-13-19-9-4-10-24(19)14-16-6-3-7-17(21)12-16/h2-12H,13-14H2,1H3,(H2,22,23,25). The molecular weight excluding hydrogens is 317 g/mol. The summed E-state index contributed by atoms with van der Waals surface area (Å²) in [6, 6.07) is 17.7. The minimum atomic E-state index is -0.260. The van der Waals surface area contributed by atoms with Gasteiger partial charge in [-0.15, -0.1) is 0 Å². The molecule has 0 saturated heterocycles. The zero-order valence-electron chi connectivity index (χ0n) is 14.0. The van der Waals surface area contributed by atoms with Gasteiger partial charge in [-0.3, -0.25) is 0 Å². The van der Waals surface area contributed by atoms with Crippen LogP contribution in [-0.4, -0.2) is 10.6 Å². The fourth-order valence-corrected chi connectivity index (χ4v) is 2.67. The van der Waals surface area contributed by atoms with Crippen LogP contribution in [0.1, 0.15) is 16.8 Å². The molecular formula is C20H20FN3O. The Labute approximate surface area is 146 Å². The van der Waals surface area contributed by atoms with Crippen molar-refractivity contribution >= 4 is 11.7 Å². The normalized spacial score (nSPS) is 10.5. The van der Waals surface area contributed by atoms with Crippen LogP contribution in [0.25, 0.3) is 0 Å². The first-order valence-electron chi connectivity index (χ1n) is 8.10. The summed E-state index contributed by atoms with van der Waals surface area (Å²) in [4.78, 5) is 12.1. The summed E-state index contributed by atoms with van der Waals surface area (Å²) in [5, 5.41) is 5.66. The van der Waals surface area contributed by atoms with Crippen LogP contribution in [0.4, 0.5) is 14.9 Å².